The molecule has 2 fully saturated rings. The second kappa shape index (κ2) is 33.2. The molecule has 0 aromatic carbocycles. The van der Waals surface area contributed by atoms with Crippen LogP contribution in [-0.4, -0.2) is 191 Å². The average molecular weight is 840 g/mol. The Bertz CT molecular complexity index is 1120. The predicted molar refractivity (Wildman–Crippen MR) is 233 cm³/mol. The summed E-state index contributed by atoms with van der Waals surface area (Å²) in [6.07, 6.45) is 15.4. The lowest BCUT2D eigenvalue weighted by Crippen LogP contribution is -2.42. The van der Waals surface area contributed by atoms with Crippen molar-refractivity contribution in [3.05, 3.63) is 0 Å². The summed E-state index contributed by atoms with van der Waals surface area (Å²) in [4.78, 5) is 58.3. The molecule has 4 atom stereocenters. The van der Waals surface area contributed by atoms with Gasteiger partial charge in [-0.05, 0) is 70.1 Å². The first-order valence-corrected chi connectivity index (χ1v) is 23.0. The van der Waals surface area contributed by atoms with E-state index in [2.05, 4.69) is 47.9 Å². The second-order valence-corrected chi connectivity index (χ2v) is 17.1. The van der Waals surface area contributed by atoms with E-state index in [-0.39, 0.29) is 56.5 Å². The van der Waals surface area contributed by atoms with E-state index in [4.69, 9.17) is 21.1 Å². The Hall–Kier alpha value is -2.44. The minimum Gasteiger partial charge on any atom is -0.395 e. The van der Waals surface area contributed by atoms with Crippen molar-refractivity contribution in [3.63, 3.8) is 0 Å². The highest BCUT2D eigenvalue weighted by Gasteiger charge is 2.41. The molecular weight excluding hydrogens is 755 g/mol. The van der Waals surface area contributed by atoms with Gasteiger partial charge in [0.25, 0.3) is 0 Å². The van der Waals surface area contributed by atoms with Crippen molar-refractivity contribution in [1.82, 2.24) is 40.9 Å². The van der Waals surface area contributed by atoms with Gasteiger partial charge in [-0.3, -0.25) is 19.2 Å². The number of nitrogens with one attached hydrogen (secondary N) is 4. The minimum absolute atomic E-state index is 0.00383. The van der Waals surface area contributed by atoms with Crippen LogP contribution < -0.4 is 27.0 Å². The number of carbonyl (C=O) groups excluding carboxylic acids is 4. The van der Waals surface area contributed by atoms with Crippen LogP contribution in [0.3, 0.4) is 0 Å². The lowest BCUT2D eigenvalue weighted by atomic mass is 9.86. The van der Waals surface area contributed by atoms with Gasteiger partial charge in [-0.1, -0.05) is 51.4 Å². The number of hydrogen-bond donors (Lipinski definition) is 8. The Morgan fingerprint density at radius 3 is 1.49 bits per heavy atom. The lowest BCUT2D eigenvalue weighted by molar-refractivity contribution is -0.122. The van der Waals surface area contributed by atoms with Crippen LogP contribution in [-0.2, 0) is 19.2 Å². The molecule has 2 aliphatic rings. The third-order valence-electron chi connectivity index (χ3n) is 12.2. The van der Waals surface area contributed by atoms with Crippen molar-refractivity contribution >= 4 is 23.6 Å². The first-order valence-electron chi connectivity index (χ1n) is 23.0. The molecule has 9 N–H and O–H groups in total. The second-order valence-electron chi connectivity index (χ2n) is 17.1. The predicted octanol–water partition coefficient (Wildman–Crippen LogP) is 0.198. The molecule has 2 rings (SSSR count). The summed E-state index contributed by atoms with van der Waals surface area (Å²) in [7, 11) is 4.15. The lowest BCUT2D eigenvalue weighted by Gasteiger charge is -2.30. The van der Waals surface area contributed by atoms with E-state index >= 15 is 0 Å². The largest absolute Gasteiger partial charge is 0.395 e. The molecule has 0 heterocycles. The van der Waals surface area contributed by atoms with Gasteiger partial charge in [-0.2, -0.15) is 0 Å². The number of rotatable bonds is 32. The fraction of sp³-hybridized carbons (Fsp3) is 0.907. The molecule has 0 spiro atoms. The summed E-state index contributed by atoms with van der Waals surface area (Å²) in [5, 5.41) is 38.2. The number of nitrogens with two attached hydrogens (primary N) is 1. The molecule has 0 aromatic rings. The van der Waals surface area contributed by atoms with Gasteiger partial charge in [-0.25, -0.2) is 0 Å². The highest BCUT2D eigenvalue weighted by molar-refractivity contribution is 5.77. The summed E-state index contributed by atoms with van der Waals surface area (Å²) < 4.78 is 0. The average Bonchev–Trinajstić information content (AvgIpc) is 4.01. The van der Waals surface area contributed by atoms with Crippen LogP contribution in [0, 0.1) is 23.7 Å². The topological polar surface area (TPSA) is 216 Å². The minimum atomic E-state index is -0.116. The van der Waals surface area contributed by atoms with Gasteiger partial charge in [0.05, 0.1) is 19.8 Å². The van der Waals surface area contributed by atoms with Crippen molar-refractivity contribution in [2.75, 3.05) is 132 Å². The van der Waals surface area contributed by atoms with Gasteiger partial charge in [-0.15, -0.1) is 0 Å². The summed E-state index contributed by atoms with van der Waals surface area (Å²) in [6.45, 7) is 8.99. The van der Waals surface area contributed by atoms with E-state index in [0.717, 1.165) is 70.0 Å². The molecular formula is C43H85N9O7. The molecule has 0 saturated heterocycles. The van der Waals surface area contributed by atoms with Crippen molar-refractivity contribution in [2.24, 2.45) is 29.4 Å². The third kappa shape index (κ3) is 26.5. The number of fused-ring (bicyclic) bond motifs is 1. The molecule has 59 heavy (non-hydrogen) atoms. The zero-order valence-corrected chi connectivity index (χ0v) is 37.0. The summed E-state index contributed by atoms with van der Waals surface area (Å²) in [6, 6.07) is 0. The van der Waals surface area contributed by atoms with E-state index in [9.17, 15) is 19.2 Å². The Kier molecular flexibility index (Phi) is 29.7. The maximum Gasteiger partial charge on any atom is 0.221 e. The van der Waals surface area contributed by atoms with Crippen LogP contribution in [0.1, 0.15) is 96.3 Å². The molecule has 4 unspecified atom stereocenters. The van der Waals surface area contributed by atoms with Gasteiger partial charge >= 0.3 is 0 Å². The summed E-state index contributed by atoms with van der Waals surface area (Å²) in [5.41, 5.74) is 5.58. The quantitative estimate of drug-likeness (QED) is 0.0456. The number of likely N-dealkylation sites (N-methyl/N-ethyl adjacent to an activating group) is 1. The van der Waals surface area contributed by atoms with Crippen molar-refractivity contribution in [2.45, 2.75) is 96.3 Å². The number of carbonyl (C=O) groups is 4. The Morgan fingerprint density at radius 2 is 0.966 bits per heavy atom. The van der Waals surface area contributed by atoms with Gasteiger partial charge in [0.1, 0.15) is 0 Å². The summed E-state index contributed by atoms with van der Waals surface area (Å²) in [5.74, 6) is 2.85. The first-order chi connectivity index (χ1) is 28.6. The van der Waals surface area contributed by atoms with Crippen molar-refractivity contribution in [3.8, 4) is 0 Å². The standard InChI is InChI=1S/C43H85N9O7/c1-49(23-13-40(56)46-19-32-53)22-11-36-7-3-5-9-37(39-35-38(39)10-6-4-8-36)12-25-52(29-28-50(2)24-14-41(57)47-20-33-54)31-30-51(26-15-42(58)45-18-17-44)27-16-43(59)48-21-34-55/h36-39,53-55H,3-35,44H2,1-2H3,(H,45,58)(H,46,56)(H,47,57)(H,48,59). The summed E-state index contributed by atoms with van der Waals surface area (Å²) >= 11 is 0. The molecule has 4 amide bonds. The van der Waals surface area contributed by atoms with Crippen LogP contribution in [0.4, 0.5) is 0 Å². The maximum atomic E-state index is 12.5. The van der Waals surface area contributed by atoms with E-state index in [1.54, 1.807) is 0 Å². The normalized spacial score (nSPS) is 19.9. The number of amides is 4. The number of aliphatic hydroxyl groups is 3. The molecule has 0 radical (unpaired) electrons. The Morgan fingerprint density at radius 1 is 0.525 bits per heavy atom. The maximum absolute atomic E-state index is 12.5. The first kappa shape index (κ1) is 52.7. The molecule has 2 saturated carbocycles. The van der Waals surface area contributed by atoms with E-state index in [1.807, 2.05) is 7.05 Å². The van der Waals surface area contributed by atoms with Crippen LogP contribution >= 0.6 is 0 Å². The molecule has 0 aromatic heterocycles. The number of nitrogens with zero attached hydrogens (tertiary/aromatic N) is 4. The smallest absolute Gasteiger partial charge is 0.221 e. The van der Waals surface area contributed by atoms with Crippen LogP contribution in [0.25, 0.3) is 0 Å². The molecule has 0 bridgehead atoms. The van der Waals surface area contributed by atoms with Gasteiger partial charge in [0.15, 0.2) is 0 Å². The molecule has 0 aliphatic heterocycles. The molecule has 2 aliphatic carbocycles. The highest BCUT2D eigenvalue weighted by atomic mass is 16.3. The fourth-order valence-corrected chi connectivity index (χ4v) is 8.36. The van der Waals surface area contributed by atoms with Crippen LogP contribution in [0.2, 0.25) is 0 Å². The molecule has 344 valence electrons. The third-order valence-corrected chi connectivity index (χ3v) is 12.2. The number of aliphatic hydroxyl groups excluding tert-OH is 3. The van der Waals surface area contributed by atoms with Crippen molar-refractivity contribution in [1.29, 1.82) is 0 Å². The van der Waals surface area contributed by atoms with E-state index in [1.165, 1.54) is 64.2 Å². The molecule has 16 nitrogen and oxygen atoms in total. The zero-order chi connectivity index (χ0) is 43.1. The van der Waals surface area contributed by atoms with Gasteiger partial charge in [0.2, 0.25) is 23.6 Å². The van der Waals surface area contributed by atoms with Gasteiger partial charge in [0, 0.05) is 111 Å². The zero-order valence-electron chi connectivity index (χ0n) is 37.0. The number of hydrogen-bond acceptors (Lipinski definition) is 12. The monoisotopic (exact) mass is 840 g/mol. The highest BCUT2D eigenvalue weighted by Crippen LogP contribution is 2.50. The van der Waals surface area contributed by atoms with E-state index < -0.39 is 0 Å². The van der Waals surface area contributed by atoms with E-state index in [0.29, 0.717) is 70.9 Å². The van der Waals surface area contributed by atoms with Gasteiger partial charge < -0.3 is 61.9 Å². The van der Waals surface area contributed by atoms with Crippen LogP contribution in [0.15, 0.2) is 0 Å². The molecule has 16 heteroatoms. The Labute approximate surface area is 356 Å². The van der Waals surface area contributed by atoms with Crippen LogP contribution in [0.5, 0.6) is 0 Å². The Balaban J connectivity index is 2.02. The van der Waals surface area contributed by atoms with Crippen molar-refractivity contribution < 1.29 is 34.5 Å². The SMILES string of the molecule is CN(CCC(=O)NCCO)CCC1CCCCC(CCN(CCN(C)CCC(=O)NCCO)CCN(CCC(=O)NCCN)CCC(=O)NCCO)C2CC2CCCC1. The fourth-order valence-electron chi connectivity index (χ4n) is 8.36.